The zero-order chi connectivity index (χ0) is 27.4. The summed E-state index contributed by atoms with van der Waals surface area (Å²) in [5, 5.41) is 10.4. The number of hydrogen-bond donors (Lipinski definition) is 1. The number of esters is 1. The van der Waals surface area contributed by atoms with E-state index in [1.54, 1.807) is 49.6 Å². The molecule has 0 spiro atoms. The fourth-order valence-corrected chi connectivity index (χ4v) is 4.53. The van der Waals surface area contributed by atoms with Crippen LogP contribution in [0.15, 0.2) is 102 Å². The molecule has 7 nitrogen and oxygen atoms in total. The van der Waals surface area contributed by atoms with Crippen LogP contribution in [0.1, 0.15) is 33.0 Å². The zero-order valence-corrected chi connectivity index (χ0v) is 21.6. The first kappa shape index (κ1) is 25.7. The molecule has 0 fully saturated rings. The second kappa shape index (κ2) is 11.2. The first-order valence-electron chi connectivity index (χ1n) is 12.0. The Morgan fingerprint density at radius 3 is 2.56 bits per heavy atom. The maximum atomic E-state index is 12.6. The molecule has 2 N–H and O–H groups in total. The molecule has 0 saturated heterocycles. The lowest BCUT2D eigenvalue weighted by molar-refractivity contribution is 0.0734. The summed E-state index contributed by atoms with van der Waals surface area (Å²) in [5.74, 6) is 0.576. The second-order valence-corrected chi connectivity index (χ2v) is 9.15. The third-order valence-electron chi connectivity index (χ3n) is 6.22. The number of halogens is 1. The van der Waals surface area contributed by atoms with E-state index in [1.807, 2.05) is 42.5 Å². The molecule has 4 aromatic rings. The number of ether oxygens (including phenoxy) is 4. The summed E-state index contributed by atoms with van der Waals surface area (Å²) in [6.45, 7) is 0.379. The highest BCUT2D eigenvalue weighted by atomic mass is 35.5. The largest absolute Gasteiger partial charge is 0.493 e. The number of nitriles is 1. The number of carbonyl (C=O) groups is 1. The first-order valence-corrected chi connectivity index (χ1v) is 12.4. The molecule has 0 aromatic heterocycles. The van der Waals surface area contributed by atoms with E-state index < -0.39 is 11.9 Å². The fourth-order valence-electron chi connectivity index (χ4n) is 4.34. The first-order chi connectivity index (χ1) is 19.0. The van der Waals surface area contributed by atoms with E-state index in [4.69, 9.17) is 36.3 Å². The van der Waals surface area contributed by atoms with Gasteiger partial charge in [-0.05, 0) is 47.5 Å². The number of benzene rings is 4. The van der Waals surface area contributed by atoms with E-state index in [-0.39, 0.29) is 17.2 Å². The van der Waals surface area contributed by atoms with Crippen LogP contribution in [-0.4, -0.2) is 13.1 Å². The van der Waals surface area contributed by atoms with Gasteiger partial charge in [0.25, 0.3) is 0 Å². The summed E-state index contributed by atoms with van der Waals surface area (Å²) in [7, 11) is 1.56. The zero-order valence-electron chi connectivity index (χ0n) is 20.9. The molecular weight excluding hydrogens is 516 g/mol. The van der Waals surface area contributed by atoms with Gasteiger partial charge in [-0.2, -0.15) is 5.26 Å². The maximum absolute atomic E-state index is 12.6. The number of carbonyl (C=O) groups excluding carboxylic acids is 1. The predicted molar refractivity (Wildman–Crippen MR) is 146 cm³/mol. The van der Waals surface area contributed by atoms with Crippen LogP contribution in [0.2, 0.25) is 5.02 Å². The Hall–Kier alpha value is -4.93. The monoisotopic (exact) mass is 538 g/mol. The van der Waals surface area contributed by atoms with Crippen molar-refractivity contribution in [3.8, 4) is 29.1 Å². The van der Waals surface area contributed by atoms with Gasteiger partial charge in [0.2, 0.25) is 5.88 Å². The van der Waals surface area contributed by atoms with Crippen LogP contribution in [0, 0.1) is 11.3 Å². The van der Waals surface area contributed by atoms with Crippen LogP contribution < -0.4 is 24.7 Å². The molecule has 0 bridgehead atoms. The Bertz CT molecular complexity index is 1610. The van der Waals surface area contributed by atoms with Crippen LogP contribution in [0.4, 0.5) is 0 Å². The van der Waals surface area contributed by atoms with Gasteiger partial charge in [-0.25, -0.2) is 4.79 Å². The number of allylic oxidation sites excluding steroid dienone is 1. The van der Waals surface area contributed by atoms with E-state index in [0.717, 1.165) is 11.1 Å². The Balaban J connectivity index is 1.44. The molecule has 8 heteroatoms. The smallest absolute Gasteiger partial charge is 0.343 e. The molecule has 1 aliphatic heterocycles. The molecule has 0 radical (unpaired) electrons. The average molecular weight is 539 g/mol. The molecule has 1 unspecified atom stereocenters. The third kappa shape index (κ3) is 5.52. The van der Waals surface area contributed by atoms with Gasteiger partial charge in [0, 0.05) is 16.7 Å². The highest BCUT2D eigenvalue weighted by molar-refractivity contribution is 6.30. The molecular formula is C31H23ClN2O5. The van der Waals surface area contributed by atoms with Crippen LogP contribution in [0.25, 0.3) is 0 Å². The third-order valence-corrected chi connectivity index (χ3v) is 6.45. The summed E-state index contributed by atoms with van der Waals surface area (Å²) in [6.07, 6.45) is 0. The molecule has 1 heterocycles. The van der Waals surface area contributed by atoms with Crippen molar-refractivity contribution in [2.45, 2.75) is 12.5 Å². The maximum Gasteiger partial charge on any atom is 0.343 e. The Kier molecular flexibility index (Phi) is 7.39. The van der Waals surface area contributed by atoms with Crippen molar-refractivity contribution < 1.29 is 23.7 Å². The number of nitrogens with zero attached hydrogens (tertiary/aromatic N) is 1. The minimum absolute atomic E-state index is 0.0308. The van der Waals surface area contributed by atoms with Gasteiger partial charge in [-0.3, -0.25) is 0 Å². The van der Waals surface area contributed by atoms with Gasteiger partial charge < -0.3 is 24.7 Å². The van der Waals surface area contributed by atoms with Crippen molar-refractivity contribution in [2.75, 3.05) is 7.11 Å². The van der Waals surface area contributed by atoms with Crippen LogP contribution in [-0.2, 0) is 6.61 Å². The molecule has 194 valence electrons. The lowest BCUT2D eigenvalue weighted by Gasteiger charge is -2.27. The molecule has 0 aliphatic carbocycles. The minimum atomic E-state index is -0.568. The number of rotatable bonds is 7. The van der Waals surface area contributed by atoms with E-state index >= 15 is 0 Å². The summed E-state index contributed by atoms with van der Waals surface area (Å²) in [6, 6.07) is 28.9. The van der Waals surface area contributed by atoms with Crippen molar-refractivity contribution in [3.05, 3.63) is 130 Å². The molecule has 4 aromatic carbocycles. The minimum Gasteiger partial charge on any atom is -0.493 e. The van der Waals surface area contributed by atoms with Gasteiger partial charge in [-0.1, -0.05) is 60.1 Å². The standard InChI is InChI=1S/C31H23ClN2O5/c1-36-28-15-20(10-13-26(28)37-18-19-6-3-2-4-7-19)29-24-12-11-23(16-27(24)39-30(34)25(29)17-33)38-31(35)21-8-5-9-22(32)14-21/h2-16,29H,18,34H2,1H3. The molecule has 0 saturated carbocycles. The highest BCUT2D eigenvalue weighted by Gasteiger charge is 2.32. The van der Waals surface area contributed by atoms with Gasteiger partial charge in [0.15, 0.2) is 11.5 Å². The summed E-state index contributed by atoms with van der Waals surface area (Å²) in [5.41, 5.74) is 9.19. The molecule has 39 heavy (non-hydrogen) atoms. The van der Waals surface area contributed by atoms with Crippen LogP contribution in [0.5, 0.6) is 23.0 Å². The van der Waals surface area contributed by atoms with Crippen molar-refractivity contribution in [1.29, 1.82) is 5.26 Å². The van der Waals surface area contributed by atoms with E-state index in [9.17, 15) is 10.1 Å². The number of methoxy groups -OCH3 is 1. The predicted octanol–water partition coefficient (Wildman–Crippen LogP) is 6.36. The summed E-state index contributed by atoms with van der Waals surface area (Å²) >= 11 is 5.99. The van der Waals surface area contributed by atoms with Crippen LogP contribution in [0.3, 0.4) is 0 Å². The van der Waals surface area contributed by atoms with E-state index in [2.05, 4.69) is 6.07 Å². The Labute approximate surface area is 230 Å². The van der Waals surface area contributed by atoms with Crippen molar-refractivity contribution >= 4 is 17.6 Å². The average Bonchev–Trinajstić information content (AvgIpc) is 2.95. The molecule has 5 rings (SSSR count). The fraction of sp³-hybridized carbons (Fsp3) is 0.0968. The Morgan fingerprint density at radius 1 is 1.00 bits per heavy atom. The number of nitrogens with two attached hydrogens (primary N) is 1. The van der Waals surface area contributed by atoms with Crippen molar-refractivity contribution in [3.63, 3.8) is 0 Å². The normalized spacial score (nSPS) is 14.0. The summed E-state index contributed by atoms with van der Waals surface area (Å²) in [4.78, 5) is 12.6. The lowest BCUT2D eigenvalue weighted by atomic mass is 9.83. The van der Waals surface area contributed by atoms with Gasteiger partial charge >= 0.3 is 5.97 Å². The van der Waals surface area contributed by atoms with Gasteiger partial charge in [-0.15, -0.1) is 0 Å². The van der Waals surface area contributed by atoms with Gasteiger partial charge in [0.05, 0.1) is 18.6 Å². The molecule has 1 atom stereocenters. The highest BCUT2D eigenvalue weighted by Crippen LogP contribution is 2.45. The lowest BCUT2D eigenvalue weighted by Crippen LogP contribution is -2.21. The van der Waals surface area contributed by atoms with E-state index in [0.29, 0.717) is 40.0 Å². The number of fused-ring (bicyclic) bond motifs is 1. The Morgan fingerprint density at radius 2 is 1.82 bits per heavy atom. The van der Waals surface area contributed by atoms with Crippen molar-refractivity contribution in [1.82, 2.24) is 0 Å². The topological polar surface area (TPSA) is 104 Å². The number of hydrogen-bond acceptors (Lipinski definition) is 7. The van der Waals surface area contributed by atoms with E-state index in [1.165, 1.54) is 6.07 Å². The SMILES string of the molecule is COc1cc(C2C(C#N)=C(N)Oc3cc(OC(=O)c4cccc(Cl)c4)ccc32)ccc1OCc1ccccc1. The second-order valence-electron chi connectivity index (χ2n) is 8.71. The van der Waals surface area contributed by atoms with Crippen molar-refractivity contribution in [2.24, 2.45) is 5.73 Å². The summed E-state index contributed by atoms with van der Waals surface area (Å²) < 4.78 is 22.9. The quantitative estimate of drug-likeness (QED) is 0.215. The molecule has 1 aliphatic rings. The van der Waals surface area contributed by atoms with Gasteiger partial charge in [0.1, 0.15) is 29.7 Å². The molecule has 0 amide bonds. The van der Waals surface area contributed by atoms with Crippen LogP contribution >= 0.6 is 11.6 Å².